The molecule has 1 atom stereocenters. The van der Waals surface area contributed by atoms with Gasteiger partial charge in [-0.15, -0.1) is 0 Å². The van der Waals surface area contributed by atoms with E-state index in [1.54, 1.807) is 25.6 Å². The summed E-state index contributed by atoms with van der Waals surface area (Å²) in [4.78, 5) is 17.0. The SMILES string of the molecule is COc1cc(-c2ccncc2)ccc1C(=O)NC(C)c1ccc2ccccc2c1. The van der Waals surface area contributed by atoms with Crippen LogP contribution in [-0.4, -0.2) is 18.0 Å². The van der Waals surface area contributed by atoms with Crippen LogP contribution in [0, 0.1) is 0 Å². The minimum atomic E-state index is -0.163. The largest absolute Gasteiger partial charge is 0.496 e. The first-order valence-electron chi connectivity index (χ1n) is 9.54. The number of ether oxygens (including phenoxy) is 1. The van der Waals surface area contributed by atoms with Crippen LogP contribution in [0.3, 0.4) is 0 Å². The number of benzene rings is 3. The van der Waals surface area contributed by atoms with E-state index < -0.39 is 0 Å². The molecule has 3 aromatic carbocycles. The second-order valence-electron chi connectivity index (χ2n) is 6.95. The van der Waals surface area contributed by atoms with Gasteiger partial charge in [0, 0.05) is 12.4 Å². The summed E-state index contributed by atoms with van der Waals surface area (Å²) in [5, 5.41) is 5.42. The molecule has 0 aliphatic carbocycles. The third kappa shape index (κ3) is 3.97. The average molecular weight is 382 g/mol. The topological polar surface area (TPSA) is 51.2 Å². The number of amides is 1. The molecule has 0 fully saturated rings. The molecule has 0 aliphatic rings. The van der Waals surface area contributed by atoms with Crippen LogP contribution in [0.4, 0.5) is 0 Å². The Balaban J connectivity index is 1.57. The van der Waals surface area contributed by atoms with Crippen molar-refractivity contribution in [1.82, 2.24) is 10.3 Å². The molecule has 29 heavy (non-hydrogen) atoms. The van der Waals surface area contributed by atoms with Crippen molar-refractivity contribution in [3.05, 3.63) is 96.3 Å². The predicted octanol–water partition coefficient (Wildman–Crippen LogP) is 5.40. The van der Waals surface area contributed by atoms with Crippen LogP contribution in [0.15, 0.2) is 85.2 Å². The summed E-state index contributed by atoms with van der Waals surface area (Å²) >= 11 is 0. The van der Waals surface area contributed by atoms with Gasteiger partial charge in [0.1, 0.15) is 5.75 Å². The van der Waals surface area contributed by atoms with Gasteiger partial charge >= 0.3 is 0 Å². The van der Waals surface area contributed by atoms with Crippen LogP contribution in [0.25, 0.3) is 21.9 Å². The fourth-order valence-electron chi connectivity index (χ4n) is 3.44. The van der Waals surface area contributed by atoms with Crippen LogP contribution >= 0.6 is 0 Å². The van der Waals surface area contributed by atoms with Crippen LogP contribution < -0.4 is 10.1 Å². The van der Waals surface area contributed by atoms with Crippen LogP contribution in [0.2, 0.25) is 0 Å². The lowest BCUT2D eigenvalue weighted by molar-refractivity contribution is 0.0937. The molecule has 1 amide bonds. The first-order chi connectivity index (χ1) is 14.2. The highest BCUT2D eigenvalue weighted by molar-refractivity contribution is 5.98. The van der Waals surface area contributed by atoms with Gasteiger partial charge in [-0.1, -0.05) is 42.5 Å². The van der Waals surface area contributed by atoms with Gasteiger partial charge in [-0.25, -0.2) is 0 Å². The summed E-state index contributed by atoms with van der Waals surface area (Å²) in [6.45, 7) is 1.99. The van der Waals surface area contributed by atoms with E-state index in [1.165, 1.54) is 5.39 Å². The summed E-state index contributed by atoms with van der Waals surface area (Å²) in [6.07, 6.45) is 3.49. The first-order valence-corrected chi connectivity index (χ1v) is 9.54. The molecular formula is C25H22N2O2. The van der Waals surface area contributed by atoms with Crippen molar-refractivity contribution in [2.75, 3.05) is 7.11 Å². The monoisotopic (exact) mass is 382 g/mol. The minimum Gasteiger partial charge on any atom is -0.496 e. The molecule has 1 N–H and O–H groups in total. The average Bonchev–Trinajstić information content (AvgIpc) is 2.78. The van der Waals surface area contributed by atoms with Gasteiger partial charge in [-0.05, 0) is 64.7 Å². The molecule has 1 aromatic heterocycles. The van der Waals surface area contributed by atoms with E-state index in [0.717, 1.165) is 22.1 Å². The Kier molecular flexibility index (Phi) is 5.25. The zero-order valence-corrected chi connectivity index (χ0v) is 16.4. The molecule has 4 nitrogen and oxygen atoms in total. The maximum absolute atomic E-state index is 12.9. The molecule has 144 valence electrons. The summed E-state index contributed by atoms with van der Waals surface area (Å²) < 4.78 is 5.50. The van der Waals surface area contributed by atoms with Gasteiger partial charge in [-0.3, -0.25) is 9.78 Å². The third-order valence-corrected chi connectivity index (χ3v) is 5.08. The Morgan fingerprint density at radius 2 is 1.66 bits per heavy atom. The Morgan fingerprint density at radius 3 is 2.41 bits per heavy atom. The van der Waals surface area contributed by atoms with E-state index in [0.29, 0.717) is 11.3 Å². The number of carbonyl (C=O) groups excluding carboxylic acids is 1. The third-order valence-electron chi connectivity index (χ3n) is 5.08. The standard InChI is InChI=1S/C25H22N2O2/c1-17(20-8-7-18-5-3-4-6-21(18)15-20)27-25(28)23-10-9-22(16-24(23)29-2)19-11-13-26-14-12-19/h3-17H,1-2H3,(H,27,28). The number of hydrogen-bond acceptors (Lipinski definition) is 3. The van der Waals surface area contributed by atoms with Crippen molar-refractivity contribution in [2.24, 2.45) is 0 Å². The van der Waals surface area contributed by atoms with Crippen molar-refractivity contribution < 1.29 is 9.53 Å². The highest BCUT2D eigenvalue weighted by atomic mass is 16.5. The molecule has 1 heterocycles. The fraction of sp³-hybridized carbons (Fsp3) is 0.120. The number of aromatic nitrogens is 1. The number of rotatable bonds is 5. The van der Waals surface area contributed by atoms with E-state index in [-0.39, 0.29) is 11.9 Å². The fourth-order valence-corrected chi connectivity index (χ4v) is 3.44. The van der Waals surface area contributed by atoms with Gasteiger partial charge in [-0.2, -0.15) is 0 Å². The Hall–Kier alpha value is -3.66. The van der Waals surface area contributed by atoms with Crippen molar-refractivity contribution in [1.29, 1.82) is 0 Å². The van der Waals surface area contributed by atoms with Crippen LogP contribution in [0.1, 0.15) is 28.9 Å². The Morgan fingerprint density at radius 1 is 0.897 bits per heavy atom. The van der Waals surface area contributed by atoms with Crippen LogP contribution in [-0.2, 0) is 0 Å². The van der Waals surface area contributed by atoms with Gasteiger partial charge in [0.05, 0.1) is 18.7 Å². The lowest BCUT2D eigenvalue weighted by atomic mass is 10.0. The molecule has 0 bridgehead atoms. The number of fused-ring (bicyclic) bond motifs is 1. The molecule has 4 aromatic rings. The summed E-state index contributed by atoms with van der Waals surface area (Å²) in [5.74, 6) is 0.381. The van der Waals surface area contributed by atoms with Crippen molar-refractivity contribution in [3.63, 3.8) is 0 Å². The first kappa shape index (κ1) is 18.7. The molecule has 0 radical (unpaired) electrons. The van der Waals surface area contributed by atoms with Gasteiger partial charge in [0.25, 0.3) is 5.91 Å². The molecule has 0 spiro atoms. The number of nitrogens with one attached hydrogen (secondary N) is 1. The normalized spacial score (nSPS) is 11.8. The number of pyridine rings is 1. The zero-order valence-electron chi connectivity index (χ0n) is 16.4. The van der Waals surface area contributed by atoms with Gasteiger partial charge in [0.2, 0.25) is 0 Å². The number of nitrogens with zero attached hydrogens (tertiary/aromatic N) is 1. The molecule has 1 unspecified atom stereocenters. The van der Waals surface area contributed by atoms with Crippen molar-refractivity contribution >= 4 is 16.7 Å². The van der Waals surface area contributed by atoms with E-state index in [4.69, 9.17) is 4.74 Å². The van der Waals surface area contributed by atoms with Crippen molar-refractivity contribution in [2.45, 2.75) is 13.0 Å². The van der Waals surface area contributed by atoms with E-state index in [1.807, 2.05) is 43.3 Å². The van der Waals surface area contributed by atoms with Crippen LogP contribution in [0.5, 0.6) is 5.75 Å². The predicted molar refractivity (Wildman–Crippen MR) is 116 cm³/mol. The zero-order chi connectivity index (χ0) is 20.2. The molecule has 0 saturated heterocycles. The number of carbonyl (C=O) groups is 1. The van der Waals surface area contributed by atoms with Crippen molar-refractivity contribution in [3.8, 4) is 16.9 Å². The van der Waals surface area contributed by atoms with E-state index in [9.17, 15) is 4.79 Å². The summed E-state index contributed by atoms with van der Waals surface area (Å²) in [5.41, 5.74) is 3.57. The van der Waals surface area contributed by atoms with Gasteiger partial charge in [0.15, 0.2) is 0 Å². The second-order valence-corrected chi connectivity index (χ2v) is 6.95. The maximum atomic E-state index is 12.9. The summed E-state index contributed by atoms with van der Waals surface area (Å²) in [6, 6.07) is 23.8. The number of methoxy groups -OCH3 is 1. The summed E-state index contributed by atoms with van der Waals surface area (Å²) in [7, 11) is 1.58. The molecule has 0 saturated carbocycles. The lowest BCUT2D eigenvalue weighted by Gasteiger charge is -2.17. The number of hydrogen-bond donors (Lipinski definition) is 1. The van der Waals surface area contributed by atoms with Gasteiger partial charge < -0.3 is 10.1 Å². The molecule has 4 rings (SSSR count). The van der Waals surface area contributed by atoms with E-state index in [2.05, 4.69) is 40.6 Å². The molecule has 4 heteroatoms. The molecular weight excluding hydrogens is 360 g/mol. The minimum absolute atomic E-state index is 0.128. The lowest BCUT2D eigenvalue weighted by Crippen LogP contribution is -2.27. The van der Waals surface area contributed by atoms with E-state index >= 15 is 0 Å². The smallest absolute Gasteiger partial charge is 0.255 e. The Bertz CT molecular complexity index is 1160. The highest BCUT2D eigenvalue weighted by Crippen LogP contribution is 2.28. The maximum Gasteiger partial charge on any atom is 0.255 e. The highest BCUT2D eigenvalue weighted by Gasteiger charge is 2.16. The second kappa shape index (κ2) is 8.15. The molecule has 0 aliphatic heterocycles. The quantitative estimate of drug-likeness (QED) is 0.503. The Labute approximate surface area is 170 Å².